The fourth-order valence-electron chi connectivity index (χ4n) is 6.49. The van der Waals surface area contributed by atoms with Gasteiger partial charge in [0.05, 0.1) is 19.3 Å². The lowest BCUT2D eigenvalue weighted by molar-refractivity contribution is -0.154. The van der Waals surface area contributed by atoms with Gasteiger partial charge in [-0.05, 0) is 11.1 Å². The van der Waals surface area contributed by atoms with E-state index in [-0.39, 0.29) is 91.6 Å². The summed E-state index contributed by atoms with van der Waals surface area (Å²) in [4.78, 5) is 27.4. The maximum Gasteiger partial charge on any atom is 0.422 e. The number of benzene rings is 2. The summed E-state index contributed by atoms with van der Waals surface area (Å²) < 4.78 is 68.5. The van der Waals surface area contributed by atoms with Gasteiger partial charge in [-0.15, -0.1) is 24.8 Å². The molecule has 3 aromatic rings. The molecule has 0 spiro atoms. The third-order valence-electron chi connectivity index (χ3n) is 8.42. The van der Waals surface area contributed by atoms with Gasteiger partial charge < -0.3 is 24.2 Å². The Balaban J connectivity index is 0.00000325. The van der Waals surface area contributed by atoms with Crippen molar-refractivity contribution in [3.05, 3.63) is 77.4 Å². The van der Waals surface area contributed by atoms with Crippen molar-refractivity contribution < 1.29 is 41.7 Å². The number of aliphatic hydroxyl groups is 1. The van der Waals surface area contributed by atoms with Gasteiger partial charge in [0.2, 0.25) is 17.7 Å². The average Bonchev–Trinajstić information content (AvgIpc) is 3.07. The first-order chi connectivity index (χ1) is 22.7. The number of carbonyl (C=O) groups excluding carboxylic acids is 1. The van der Waals surface area contributed by atoms with Crippen molar-refractivity contribution in [2.75, 3.05) is 66.3 Å². The van der Waals surface area contributed by atoms with Crippen LogP contribution in [0.2, 0.25) is 0 Å². The summed E-state index contributed by atoms with van der Waals surface area (Å²) in [5.74, 6) is -0.618. The lowest BCUT2D eigenvalue weighted by Gasteiger charge is -2.53. The summed E-state index contributed by atoms with van der Waals surface area (Å²) in [6.07, 6.45) is -4.61. The number of piperazine rings is 2. The van der Waals surface area contributed by atoms with E-state index in [1.165, 1.54) is 7.11 Å². The van der Waals surface area contributed by atoms with Crippen LogP contribution in [-0.4, -0.2) is 120 Å². The van der Waals surface area contributed by atoms with Gasteiger partial charge in [0.25, 0.3) is 0 Å². The third kappa shape index (κ3) is 10.3. The minimum atomic E-state index is -4.64. The summed E-state index contributed by atoms with van der Waals surface area (Å²) in [6.45, 7) is -0.482. The topological polar surface area (TPSA) is 100 Å². The van der Waals surface area contributed by atoms with Gasteiger partial charge in [-0.3, -0.25) is 14.6 Å². The van der Waals surface area contributed by atoms with E-state index in [0.29, 0.717) is 32.7 Å². The van der Waals surface area contributed by atoms with Crippen LogP contribution in [0, 0.1) is 0 Å². The monoisotopic (exact) mass is 733 g/mol. The fraction of sp³-hybridized carbons (Fsp3) is 0.485. The van der Waals surface area contributed by atoms with Crippen molar-refractivity contribution in [1.29, 1.82) is 0 Å². The number of nitrogens with zero attached hydrogens (tertiary/aromatic N) is 5. The Labute approximate surface area is 295 Å². The van der Waals surface area contributed by atoms with Crippen LogP contribution in [0.3, 0.4) is 0 Å². The first kappa shape index (κ1) is 40.0. The van der Waals surface area contributed by atoms with Crippen LogP contribution in [0.4, 0.5) is 17.6 Å². The molecule has 2 aliphatic heterocycles. The van der Waals surface area contributed by atoms with Gasteiger partial charge in [-0.25, -0.2) is 4.39 Å². The predicted octanol–water partition coefficient (Wildman–Crippen LogP) is 4.53. The van der Waals surface area contributed by atoms with E-state index < -0.39 is 26.1 Å². The highest BCUT2D eigenvalue weighted by molar-refractivity contribution is 5.85. The van der Waals surface area contributed by atoms with Crippen LogP contribution in [-0.2, 0) is 11.3 Å². The molecule has 270 valence electrons. The number of rotatable bonds is 13. The number of carbonyl (C=O) groups is 1. The Morgan fingerprint density at radius 1 is 0.939 bits per heavy atom. The number of alkyl halides is 4. The largest absolute Gasteiger partial charge is 0.481 e. The number of ether oxygens (including phenoxy) is 3. The molecule has 10 nitrogen and oxygen atoms in total. The predicted molar refractivity (Wildman–Crippen MR) is 179 cm³/mol. The summed E-state index contributed by atoms with van der Waals surface area (Å²) in [5.41, 5.74) is 2.40. The Hall–Kier alpha value is -3.43. The average molecular weight is 735 g/mol. The molecule has 2 atom stereocenters. The third-order valence-corrected chi connectivity index (χ3v) is 8.42. The van der Waals surface area contributed by atoms with Crippen LogP contribution in [0.25, 0.3) is 0 Å². The number of aliphatic hydroxyl groups excluding tert-OH is 1. The Bertz CT molecular complexity index is 1430. The smallest absolute Gasteiger partial charge is 0.422 e. The quantitative estimate of drug-likeness (QED) is 0.254. The molecule has 2 fully saturated rings. The van der Waals surface area contributed by atoms with E-state index in [1.807, 2.05) is 36.4 Å². The molecule has 1 N–H and O–H groups in total. The molecule has 2 aromatic carbocycles. The van der Waals surface area contributed by atoms with Crippen molar-refractivity contribution >= 4 is 30.7 Å². The van der Waals surface area contributed by atoms with Gasteiger partial charge in [0.1, 0.15) is 13.3 Å². The SMILES string of the molecule is COc1nc(OCCF)nc(OCC(F)(F)F)c1CN1C[C@@H]2CN(C(=O)CCO)CCN2[C@H](C(c2ccccc2)c2ccccc2)C1.Cl.Cl. The number of fused-ring (bicyclic) bond motifs is 1. The highest BCUT2D eigenvalue weighted by Gasteiger charge is 2.43. The number of hydrogen-bond donors (Lipinski definition) is 1. The van der Waals surface area contributed by atoms with Crippen LogP contribution in [0.1, 0.15) is 29.0 Å². The molecular weight excluding hydrogens is 693 g/mol. The number of methoxy groups -OCH3 is 1. The summed E-state index contributed by atoms with van der Waals surface area (Å²) in [6, 6.07) is 19.7. The zero-order valence-corrected chi connectivity index (χ0v) is 28.6. The number of hydrogen-bond acceptors (Lipinski definition) is 9. The molecule has 1 aromatic heterocycles. The summed E-state index contributed by atoms with van der Waals surface area (Å²) in [7, 11) is 1.33. The van der Waals surface area contributed by atoms with Gasteiger partial charge in [-0.2, -0.15) is 23.1 Å². The highest BCUT2D eigenvalue weighted by Crippen LogP contribution is 2.38. The second-order valence-corrected chi connectivity index (χ2v) is 11.5. The molecule has 16 heteroatoms. The Kier molecular flexibility index (Phi) is 15.1. The number of halogens is 6. The first-order valence-electron chi connectivity index (χ1n) is 15.5. The van der Waals surface area contributed by atoms with Crippen molar-refractivity contribution in [2.24, 2.45) is 0 Å². The molecule has 0 aliphatic carbocycles. The van der Waals surface area contributed by atoms with E-state index in [0.717, 1.165) is 11.1 Å². The van der Waals surface area contributed by atoms with Crippen LogP contribution in [0.15, 0.2) is 60.7 Å². The van der Waals surface area contributed by atoms with E-state index in [1.54, 1.807) is 4.90 Å². The molecule has 2 saturated heterocycles. The second kappa shape index (κ2) is 18.5. The zero-order chi connectivity index (χ0) is 33.4. The summed E-state index contributed by atoms with van der Waals surface area (Å²) >= 11 is 0. The lowest BCUT2D eigenvalue weighted by Crippen LogP contribution is -2.67. The molecule has 0 bridgehead atoms. The molecule has 5 rings (SSSR count). The van der Waals surface area contributed by atoms with Crippen molar-refractivity contribution in [1.82, 2.24) is 24.7 Å². The molecule has 2 aliphatic rings. The van der Waals surface area contributed by atoms with Gasteiger partial charge in [0, 0.05) is 63.7 Å². The number of amides is 1. The standard InChI is InChI=1S/C33H39F4N5O5.2ClH/c1-45-30-26(31(47-22-33(35,36)37)39-32(38-30)46-17-13-34)20-40-18-25-19-41(28(44)12-16-43)14-15-42(25)27(21-40)29(23-8-4-2-5-9-23)24-10-6-3-7-11-24;;/h2-11,25,27,29,43H,12-22H2,1H3;2*1H/t25-,27+;;/m1../s1. The Morgan fingerprint density at radius 3 is 2.14 bits per heavy atom. The fourth-order valence-corrected chi connectivity index (χ4v) is 6.49. The minimum Gasteiger partial charge on any atom is -0.481 e. The Morgan fingerprint density at radius 2 is 1.57 bits per heavy atom. The van der Waals surface area contributed by atoms with Crippen LogP contribution in [0.5, 0.6) is 17.8 Å². The zero-order valence-electron chi connectivity index (χ0n) is 26.9. The van der Waals surface area contributed by atoms with Gasteiger partial charge in [-0.1, -0.05) is 60.7 Å². The van der Waals surface area contributed by atoms with E-state index >= 15 is 0 Å². The normalized spacial score (nSPS) is 18.2. The molecule has 0 saturated carbocycles. The summed E-state index contributed by atoms with van der Waals surface area (Å²) in [5, 5.41) is 9.41. The van der Waals surface area contributed by atoms with Crippen molar-refractivity contribution in [3.8, 4) is 17.8 Å². The molecule has 0 radical (unpaired) electrons. The van der Waals surface area contributed by atoms with Crippen molar-refractivity contribution in [3.63, 3.8) is 0 Å². The van der Waals surface area contributed by atoms with E-state index in [4.69, 9.17) is 14.2 Å². The van der Waals surface area contributed by atoms with Crippen LogP contribution >= 0.6 is 24.8 Å². The van der Waals surface area contributed by atoms with Gasteiger partial charge in [0.15, 0.2) is 6.61 Å². The van der Waals surface area contributed by atoms with E-state index in [2.05, 4.69) is 44.0 Å². The first-order valence-corrected chi connectivity index (χ1v) is 15.5. The molecule has 0 unspecified atom stereocenters. The molecule has 1 amide bonds. The maximum atomic E-state index is 13.3. The minimum absolute atomic E-state index is 0. The van der Waals surface area contributed by atoms with Crippen molar-refractivity contribution in [2.45, 2.75) is 37.1 Å². The maximum absolute atomic E-state index is 13.3. The molecule has 3 heterocycles. The lowest BCUT2D eigenvalue weighted by atomic mass is 9.81. The highest BCUT2D eigenvalue weighted by atomic mass is 35.5. The second-order valence-electron chi connectivity index (χ2n) is 11.5. The van der Waals surface area contributed by atoms with E-state index in [9.17, 15) is 27.5 Å². The molecule has 49 heavy (non-hydrogen) atoms. The van der Waals surface area contributed by atoms with Crippen LogP contribution < -0.4 is 14.2 Å². The van der Waals surface area contributed by atoms with Gasteiger partial charge >= 0.3 is 12.2 Å². The number of aromatic nitrogens is 2. The molecular formula is C33H41Cl2F4N5O5.